The normalized spacial score (nSPS) is 23.6. The van der Waals surface area contributed by atoms with Crippen LogP contribution in [0.1, 0.15) is 29.9 Å². The van der Waals surface area contributed by atoms with Crippen LogP contribution in [0.3, 0.4) is 0 Å². The molecule has 2 aliphatic rings. The first-order valence-corrected chi connectivity index (χ1v) is 10.6. The van der Waals surface area contributed by atoms with Crippen LogP contribution in [0.25, 0.3) is 0 Å². The number of aliphatic hydroxyl groups is 1. The van der Waals surface area contributed by atoms with Crippen molar-refractivity contribution in [2.24, 2.45) is 0 Å². The Labute approximate surface area is 186 Å². The fourth-order valence-electron chi connectivity index (χ4n) is 4.28. The van der Waals surface area contributed by atoms with Crippen LogP contribution in [-0.4, -0.2) is 60.5 Å². The van der Waals surface area contributed by atoms with E-state index in [9.17, 15) is 14.7 Å². The summed E-state index contributed by atoms with van der Waals surface area (Å²) in [7, 11) is 1.46. The average molecular weight is 441 g/mol. The second-order valence-corrected chi connectivity index (χ2v) is 7.98. The smallest absolute Gasteiger partial charge is 0.250 e. The van der Waals surface area contributed by atoms with Crippen molar-refractivity contribution in [3.8, 4) is 5.75 Å². The molecule has 1 aromatic carbocycles. The van der Waals surface area contributed by atoms with E-state index in [1.165, 1.54) is 7.11 Å². The third-order valence-corrected chi connectivity index (χ3v) is 5.68. The molecule has 0 bridgehead atoms. The van der Waals surface area contributed by atoms with Crippen LogP contribution in [0, 0.1) is 0 Å². The van der Waals surface area contributed by atoms with Crippen LogP contribution in [0.5, 0.6) is 5.75 Å². The van der Waals surface area contributed by atoms with Crippen LogP contribution in [0.15, 0.2) is 42.7 Å². The van der Waals surface area contributed by atoms with Gasteiger partial charge in [-0.25, -0.2) is 0 Å². The lowest BCUT2D eigenvalue weighted by Crippen LogP contribution is -2.47. The fraction of sp³-hybridized carbons (Fsp3) is 0.435. The Morgan fingerprint density at radius 3 is 2.91 bits per heavy atom. The largest absolute Gasteiger partial charge is 0.487 e. The molecule has 0 radical (unpaired) electrons. The molecule has 2 aromatic rings. The van der Waals surface area contributed by atoms with Crippen molar-refractivity contribution in [3.63, 3.8) is 0 Å². The van der Waals surface area contributed by atoms with Crippen LogP contribution < -0.4 is 15.4 Å². The molecular formula is C23H27N3O6. The molecule has 0 aliphatic carbocycles. The second-order valence-electron chi connectivity index (χ2n) is 7.98. The van der Waals surface area contributed by atoms with E-state index >= 15 is 0 Å². The molecule has 1 saturated heterocycles. The van der Waals surface area contributed by atoms with Gasteiger partial charge in [-0.2, -0.15) is 0 Å². The predicted octanol–water partition coefficient (Wildman–Crippen LogP) is 1.37. The van der Waals surface area contributed by atoms with Crippen LogP contribution in [0.4, 0.5) is 5.69 Å². The number of amides is 2. The summed E-state index contributed by atoms with van der Waals surface area (Å²) in [5, 5.41) is 15.6. The third kappa shape index (κ3) is 5.07. The van der Waals surface area contributed by atoms with Gasteiger partial charge in [0.15, 0.2) is 0 Å². The highest BCUT2D eigenvalue weighted by molar-refractivity contribution is 5.92. The summed E-state index contributed by atoms with van der Waals surface area (Å²) in [6.07, 6.45) is 2.91. The molecular weight excluding hydrogens is 414 g/mol. The number of ether oxygens (including phenoxy) is 3. The van der Waals surface area contributed by atoms with Crippen LogP contribution >= 0.6 is 0 Å². The zero-order chi connectivity index (χ0) is 22.5. The molecule has 9 heteroatoms. The highest BCUT2D eigenvalue weighted by Gasteiger charge is 2.46. The van der Waals surface area contributed by atoms with Gasteiger partial charge in [-0.05, 0) is 36.2 Å². The standard InChI is InChI=1S/C23H27N3O6/c1-30-13-22(29)26-15-4-5-19-17(7-15)18-8-16(31-20(12-27)23(18)32-19)9-21(28)25-11-14-3-2-6-24-10-14/h2-7,10,16,18,20,23,27H,8-9,11-13H2,1H3,(H,25,28)(H,26,29)/t16-,18+,20+,23-/m0/s1. The summed E-state index contributed by atoms with van der Waals surface area (Å²) in [5.41, 5.74) is 2.50. The van der Waals surface area contributed by atoms with E-state index in [4.69, 9.17) is 14.2 Å². The lowest BCUT2D eigenvalue weighted by molar-refractivity contribution is -0.142. The Hall–Kier alpha value is -3.01. The van der Waals surface area contributed by atoms with Gasteiger partial charge in [0.05, 0.1) is 19.1 Å². The van der Waals surface area contributed by atoms with Crippen molar-refractivity contribution in [2.45, 2.75) is 43.6 Å². The second kappa shape index (κ2) is 10.1. The van der Waals surface area contributed by atoms with Crippen molar-refractivity contribution in [1.82, 2.24) is 10.3 Å². The number of fused-ring (bicyclic) bond motifs is 3. The minimum atomic E-state index is -0.538. The Balaban J connectivity index is 1.42. The molecule has 0 spiro atoms. The summed E-state index contributed by atoms with van der Waals surface area (Å²) >= 11 is 0. The van der Waals surface area contributed by atoms with Crippen molar-refractivity contribution >= 4 is 17.5 Å². The van der Waals surface area contributed by atoms with E-state index in [0.29, 0.717) is 24.4 Å². The van der Waals surface area contributed by atoms with Gasteiger partial charge in [-0.1, -0.05) is 6.07 Å². The summed E-state index contributed by atoms with van der Waals surface area (Å²) < 4.78 is 16.9. The number of benzene rings is 1. The SMILES string of the molecule is COCC(=O)Nc1ccc2c(c1)[C@H]1C[C@@H](CC(=O)NCc3cccnc3)O[C@H](CO)[C@H]1O2. The van der Waals surface area contributed by atoms with Crippen molar-refractivity contribution < 1.29 is 28.9 Å². The minimum Gasteiger partial charge on any atom is -0.487 e. The van der Waals surface area contributed by atoms with E-state index < -0.39 is 6.10 Å². The molecule has 1 fully saturated rings. The molecule has 3 heterocycles. The summed E-state index contributed by atoms with van der Waals surface area (Å²) in [6.45, 7) is 0.155. The van der Waals surface area contributed by atoms with E-state index in [2.05, 4.69) is 15.6 Å². The van der Waals surface area contributed by atoms with Crippen LogP contribution in [0.2, 0.25) is 0 Å². The monoisotopic (exact) mass is 441 g/mol. The van der Waals surface area contributed by atoms with Crippen LogP contribution in [-0.2, 0) is 25.6 Å². The van der Waals surface area contributed by atoms with Gasteiger partial charge in [-0.3, -0.25) is 14.6 Å². The highest BCUT2D eigenvalue weighted by Crippen LogP contribution is 2.47. The number of anilines is 1. The Morgan fingerprint density at radius 2 is 2.16 bits per heavy atom. The number of methoxy groups -OCH3 is 1. The minimum absolute atomic E-state index is 0.0315. The maximum atomic E-state index is 12.5. The number of carbonyl (C=O) groups excluding carboxylic acids is 2. The average Bonchev–Trinajstić information content (AvgIpc) is 3.16. The number of hydrogen-bond donors (Lipinski definition) is 3. The number of nitrogens with zero attached hydrogens (tertiary/aromatic N) is 1. The van der Waals surface area contributed by atoms with Gasteiger partial charge in [0.2, 0.25) is 11.8 Å². The number of hydrogen-bond acceptors (Lipinski definition) is 7. The highest BCUT2D eigenvalue weighted by atomic mass is 16.6. The molecule has 4 rings (SSSR count). The first kappa shape index (κ1) is 22.2. The van der Waals surface area contributed by atoms with Gasteiger partial charge in [0.25, 0.3) is 0 Å². The number of aromatic nitrogens is 1. The molecule has 4 atom stereocenters. The fourth-order valence-corrected chi connectivity index (χ4v) is 4.28. The van der Waals surface area contributed by atoms with E-state index in [0.717, 1.165) is 11.1 Å². The zero-order valence-corrected chi connectivity index (χ0v) is 17.8. The molecule has 3 N–H and O–H groups in total. The maximum absolute atomic E-state index is 12.5. The molecule has 0 saturated carbocycles. The zero-order valence-electron chi connectivity index (χ0n) is 17.8. The Kier molecular flexibility index (Phi) is 6.99. The first-order chi connectivity index (χ1) is 15.6. The van der Waals surface area contributed by atoms with Gasteiger partial charge < -0.3 is 30.0 Å². The molecule has 9 nitrogen and oxygen atoms in total. The lowest BCUT2D eigenvalue weighted by Gasteiger charge is -2.37. The summed E-state index contributed by atoms with van der Waals surface area (Å²) in [4.78, 5) is 28.4. The molecule has 1 aromatic heterocycles. The third-order valence-electron chi connectivity index (χ3n) is 5.68. The van der Waals surface area contributed by atoms with Gasteiger partial charge in [-0.15, -0.1) is 0 Å². The predicted molar refractivity (Wildman–Crippen MR) is 115 cm³/mol. The van der Waals surface area contributed by atoms with Gasteiger partial charge in [0.1, 0.15) is 24.6 Å². The molecule has 170 valence electrons. The number of carbonyl (C=O) groups is 2. The lowest BCUT2D eigenvalue weighted by atomic mass is 9.84. The van der Waals surface area contributed by atoms with Crippen molar-refractivity contribution in [3.05, 3.63) is 53.9 Å². The summed E-state index contributed by atoms with van der Waals surface area (Å²) in [5.74, 6) is 0.278. The topological polar surface area (TPSA) is 119 Å². The number of nitrogens with one attached hydrogen (secondary N) is 2. The molecule has 0 unspecified atom stereocenters. The van der Waals surface area contributed by atoms with E-state index in [1.54, 1.807) is 24.5 Å². The summed E-state index contributed by atoms with van der Waals surface area (Å²) in [6, 6.07) is 9.17. The van der Waals surface area contributed by atoms with Crippen molar-refractivity contribution in [1.29, 1.82) is 0 Å². The Morgan fingerprint density at radius 1 is 1.28 bits per heavy atom. The van der Waals surface area contributed by atoms with E-state index in [1.807, 2.05) is 18.2 Å². The van der Waals surface area contributed by atoms with Gasteiger partial charge >= 0.3 is 0 Å². The number of rotatable bonds is 8. The maximum Gasteiger partial charge on any atom is 0.250 e. The molecule has 2 aliphatic heterocycles. The molecule has 2 amide bonds. The van der Waals surface area contributed by atoms with E-state index in [-0.39, 0.29) is 49.6 Å². The Bertz CT molecular complexity index is 954. The van der Waals surface area contributed by atoms with Crippen molar-refractivity contribution in [2.75, 3.05) is 25.6 Å². The number of pyridine rings is 1. The quantitative estimate of drug-likeness (QED) is 0.566. The number of aliphatic hydroxyl groups excluding tert-OH is 1. The molecule has 32 heavy (non-hydrogen) atoms. The first-order valence-electron chi connectivity index (χ1n) is 10.6. The van der Waals surface area contributed by atoms with Gasteiger partial charge in [0, 0.05) is 43.2 Å².